The van der Waals surface area contributed by atoms with Crippen molar-refractivity contribution < 1.29 is 14.4 Å². The average Bonchev–Trinajstić information content (AvgIpc) is 2.60. The predicted molar refractivity (Wildman–Crippen MR) is 91.4 cm³/mol. The smallest absolute Gasteiger partial charge is 0.312 e. The van der Waals surface area contributed by atoms with Crippen molar-refractivity contribution in [2.45, 2.75) is 12.5 Å². The Labute approximate surface area is 148 Å². The molecule has 2 rings (SSSR count). The van der Waals surface area contributed by atoms with Gasteiger partial charge in [0.05, 0.1) is 12.5 Å². The van der Waals surface area contributed by atoms with Crippen molar-refractivity contribution in [2.75, 3.05) is 0 Å². The minimum Gasteiger partial charge on any atom is -0.352 e. The summed E-state index contributed by atoms with van der Waals surface area (Å²) < 4.78 is 0. The van der Waals surface area contributed by atoms with E-state index in [0.29, 0.717) is 10.6 Å². The van der Waals surface area contributed by atoms with Crippen LogP contribution in [-0.4, -0.2) is 22.8 Å². The lowest BCUT2D eigenvalue weighted by atomic mass is 10.0. The van der Waals surface area contributed by atoms with Crippen molar-refractivity contribution in [2.24, 2.45) is 5.73 Å². The van der Waals surface area contributed by atoms with Crippen molar-refractivity contribution in [1.82, 2.24) is 21.2 Å². The number of hydrogen-bond acceptors (Lipinski definition) is 4. The predicted octanol–water partition coefficient (Wildman–Crippen LogP) is 1.30. The Hall–Kier alpha value is -3.13. The summed E-state index contributed by atoms with van der Waals surface area (Å²) in [6, 6.07) is 9.99. The fourth-order valence-electron chi connectivity index (χ4n) is 2.04. The molecule has 0 bridgehead atoms. The number of hydrogen-bond donors (Lipinski definition) is 4. The molecule has 0 spiro atoms. The molecule has 0 unspecified atom stereocenters. The standard InChI is InChI=1S/C16H16ClN5O3/c17-11-6-4-10(5-7-11)13(20-16(18)25)9-14(23)21-22-15(24)12-3-1-2-8-19-12/h1-8,13H,9H2,(H,21,23)(H,22,24)(H3,18,20,25)/t13-/m1/s1. The summed E-state index contributed by atoms with van der Waals surface area (Å²) in [5.74, 6) is -1.07. The molecule has 0 saturated carbocycles. The van der Waals surface area contributed by atoms with E-state index in [1.54, 1.807) is 36.4 Å². The number of halogens is 1. The molecule has 130 valence electrons. The Morgan fingerprint density at radius 2 is 1.80 bits per heavy atom. The zero-order valence-electron chi connectivity index (χ0n) is 13.0. The van der Waals surface area contributed by atoms with Crippen molar-refractivity contribution in [1.29, 1.82) is 0 Å². The molecule has 4 amide bonds. The second-order valence-electron chi connectivity index (χ2n) is 5.03. The number of nitrogens with zero attached hydrogens (tertiary/aromatic N) is 1. The van der Waals surface area contributed by atoms with Gasteiger partial charge in [-0.25, -0.2) is 4.79 Å². The molecule has 0 aliphatic carbocycles. The number of urea groups is 1. The van der Waals surface area contributed by atoms with Gasteiger partial charge in [0.2, 0.25) is 5.91 Å². The number of amides is 4. The quantitative estimate of drug-likeness (QED) is 0.598. The molecule has 0 saturated heterocycles. The second kappa shape index (κ2) is 8.65. The van der Waals surface area contributed by atoms with Gasteiger partial charge in [-0.15, -0.1) is 0 Å². The highest BCUT2D eigenvalue weighted by Gasteiger charge is 2.18. The largest absolute Gasteiger partial charge is 0.352 e. The summed E-state index contributed by atoms with van der Waals surface area (Å²) in [7, 11) is 0. The monoisotopic (exact) mass is 361 g/mol. The van der Waals surface area contributed by atoms with Crippen molar-refractivity contribution >= 4 is 29.4 Å². The molecule has 1 aromatic heterocycles. The average molecular weight is 362 g/mol. The van der Waals surface area contributed by atoms with Crippen LogP contribution in [0.4, 0.5) is 4.79 Å². The van der Waals surface area contributed by atoms with Gasteiger partial charge in [-0.05, 0) is 29.8 Å². The zero-order chi connectivity index (χ0) is 18.2. The van der Waals surface area contributed by atoms with Gasteiger partial charge < -0.3 is 11.1 Å². The van der Waals surface area contributed by atoms with E-state index >= 15 is 0 Å². The Morgan fingerprint density at radius 1 is 1.08 bits per heavy atom. The van der Waals surface area contributed by atoms with Crippen molar-refractivity contribution in [3.05, 3.63) is 64.9 Å². The van der Waals surface area contributed by atoms with Gasteiger partial charge >= 0.3 is 6.03 Å². The summed E-state index contributed by atoms with van der Waals surface area (Å²) in [6.07, 6.45) is 1.33. The van der Waals surface area contributed by atoms with E-state index in [2.05, 4.69) is 21.2 Å². The lowest BCUT2D eigenvalue weighted by molar-refractivity contribution is -0.122. The van der Waals surface area contributed by atoms with Gasteiger partial charge in [-0.1, -0.05) is 29.8 Å². The third-order valence-corrected chi connectivity index (χ3v) is 3.44. The third-order valence-electron chi connectivity index (χ3n) is 3.19. The Kier molecular flexibility index (Phi) is 6.30. The van der Waals surface area contributed by atoms with Crippen molar-refractivity contribution in [3.63, 3.8) is 0 Å². The van der Waals surface area contributed by atoms with E-state index < -0.39 is 23.9 Å². The van der Waals surface area contributed by atoms with Crippen LogP contribution in [0.15, 0.2) is 48.7 Å². The van der Waals surface area contributed by atoms with Gasteiger partial charge in [0.1, 0.15) is 5.69 Å². The number of aromatic nitrogens is 1. The lowest BCUT2D eigenvalue weighted by Gasteiger charge is -2.18. The number of carbonyl (C=O) groups excluding carboxylic acids is 3. The van der Waals surface area contributed by atoms with Crippen LogP contribution in [0.5, 0.6) is 0 Å². The molecule has 0 radical (unpaired) electrons. The summed E-state index contributed by atoms with van der Waals surface area (Å²) in [5.41, 5.74) is 10.5. The molecule has 1 atom stereocenters. The molecule has 8 nitrogen and oxygen atoms in total. The van der Waals surface area contributed by atoms with Crippen LogP contribution >= 0.6 is 11.6 Å². The van der Waals surface area contributed by atoms with Crippen molar-refractivity contribution in [3.8, 4) is 0 Å². The number of rotatable bonds is 5. The van der Waals surface area contributed by atoms with Crippen LogP contribution < -0.4 is 21.9 Å². The molecule has 1 heterocycles. The summed E-state index contributed by atoms with van der Waals surface area (Å²) in [4.78, 5) is 38.9. The van der Waals surface area contributed by atoms with Gasteiger partial charge in [0.25, 0.3) is 5.91 Å². The maximum atomic E-state index is 12.0. The molecule has 0 aliphatic rings. The zero-order valence-corrected chi connectivity index (χ0v) is 13.8. The van der Waals surface area contributed by atoms with E-state index in [1.807, 2.05) is 0 Å². The SMILES string of the molecule is NC(=O)N[C@H](CC(=O)NNC(=O)c1ccccn1)c1ccc(Cl)cc1. The topological polar surface area (TPSA) is 126 Å². The van der Waals surface area contributed by atoms with Crippen LogP contribution in [0.1, 0.15) is 28.5 Å². The van der Waals surface area contributed by atoms with Crippen LogP contribution in [0, 0.1) is 0 Å². The number of primary amides is 1. The lowest BCUT2D eigenvalue weighted by Crippen LogP contribution is -2.44. The minimum atomic E-state index is -0.773. The molecule has 25 heavy (non-hydrogen) atoms. The Bertz CT molecular complexity index is 752. The van der Waals surface area contributed by atoms with E-state index in [-0.39, 0.29) is 12.1 Å². The van der Waals surface area contributed by atoms with Crippen LogP contribution in [0.25, 0.3) is 0 Å². The number of hydrazine groups is 1. The Balaban J connectivity index is 1.96. The normalized spacial score (nSPS) is 11.2. The summed E-state index contributed by atoms with van der Waals surface area (Å²) >= 11 is 5.83. The highest BCUT2D eigenvalue weighted by Crippen LogP contribution is 2.19. The first-order valence-corrected chi connectivity index (χ1v) is 7.65. The molecule has 0 fully saturated rings. The van der Waals surface area contributed by atoms with E-state index in [9.17, 15) is 14.4 Å². The molecule has 5 N–H and O–H groups in total. The van der Waals surface area contributed by atoms with Crippen LogP contribution in [0.2, 0.25) is 5.02 Å². The molecular weight excluding hydrogens is 346 g/mol. The van der Waals surface area contributed by atoms with Gasteiger partial charge in [0, 0.05) is 11.2 Å². The highest BCUT2D eigenvalue weighted by molar-refractivity contribution is 6.30. The number of nitrogens with one attached hydrogen (secondary N) is 3. The first kappa shape index (κ1) is 18.2. The number of nitrogens with two attached hydrogens (primary N) is 1. The number of benzene rings is 1. The van der Waals surface area contributed by atoms with Gasteiger partial charge in [0.15, 0.2) is 0 Å². The summed E-state index contributed by atoms with van der Waals surface area (Å²) in [6.45, 7) is 0. The van der Waals surface area contributed by atoms with E-state index in [1.165, 1.54) is 12.3 Å². The minimum absolute atomic E-state index is 0.132. The number of carbonyl (C=O) groups is 3. The molecule has 2 aromatic rings. The van der Waals surface area contributed by atoms with Gasteiger partial charge in [-0.2, -0.15) is 0 Å². The molecule has 0 aliphatic heterocycles. The van der Waals surface area contributed by atoms with E-state index in [0.717, 1.165) is 0 Å². The first-order chi connectivity index (χ1) is 12.0. The molecule has 9 heteroatoms. The molecular formula is C16H16ClN5O3. The summed E-state index contributed by atoms with van der Waals surface area (Å²) in [5, 5.41) is 3.00. The van der Waals surface area contributed by atoms with Gasteiger partial charge in [-0.3, -0.25) is 25.4 Å². The maximum absolute atomic E-state index is 12.0. The highest BCUT2D eigenvalue weighted by atomic mass is 35.5. The van der Waals surface area contributed by atoms with E-state index in [4.69, 9.17) is 17.3 Å². The number of pyridine rings is 1. The Morgan fingerprint density at radius 3 is 2.40 bits per heavy atom. The first-order valence-electron chi connectivity index (χ1n) is 7.27. The fraction of sp³-hybridized carbons (Fsp3) is 0.125. The molecule has 1 aromatic carbocycles. The third kappa shape index (κ3) is 5.78. The maximum Gasteiger partial charge on any atom is 0.312 e. The van der Waals surface area contributed by atoms with Crippen LogP contribution in [-0.2, 0) is 4.79 Å². The second-order valence-corrected chi connectivity index (χ2v) is 5.47. The van der Waals surface area contributed by atoms with Crippen LogP contribution in [0.3, 0.4) is 0 Å². The fourth-order valence-corrected chi connectivity index (χ4v) is 2.17.